The second-order valence-corrected chi connectivity index (χ2v) is 12.4. The van der Waals surface area contributed by atoms with Gasteiger partial charge in [-0.2, -0.15) is 0 Å². The van der Waals surface area contributed by atoms with Gasteiger partial charge in [-0.15, -0.1) is 0 Å². The van der Waals surface area contributed by atoms with Crippen molar-refractivity contribution in [1.29, 1.82) is 0 Å². The number of rotatable bonds is 0. The van der Waals surface area contributed by atoms with Crippen LogP contribution in [0.1, 0.15) is 132 Å². The van der Waals surface area contributed by atoms with Gasteiger partial charge in [-0.25, -0.2) is 0 Å². The number of ether oxygens (including phenoxy) is 2. The average Bonchev–Trinajstić information content (AvgIpc) is 2.78. The Morgan fingerprint density at radius 1 is 0.333 bits per heavy atom. The minimum Gasteiger partial charge on any atom is -0.378 e. The monoisotopic (exact) mass is 472 g/mol. The average molecular weight is 473 g/mol. The molecule has 0 aromatic heterocycles. The molecule has 2 saturated heterocycles. The number of halogens is 1. The van der Waals surface area contributed by atoms with Gasteiger partial charge in [0.1, 0.15) is 0 Å². The van der Waals surface area contributed by atoms with Gasteiger partial charge in [0.15, 0.2) is 0 Å². The first-order valence-corrected chi connectivity index (χ1v) is 14.4. The fourth-order valence-electron chi connectivity index (χ4n) is 4.88. The van der Waals surface area contributed by atoms with Gasteiger partial charge < -0.3 is 9.47 Å². The van der Waals surface area contributed by atoms with Gasteiger partial charge in [0.25, 0.3) is 0 Å². The second kappa shape index (κ2) is 19.1. The zero-order chi connectivity index (χ0) is 23.9. The molecule has 2 aliphatic carbocycles. The smallest absolute Gasteiger partial charge is 0.0547 e. The Hall–Kier alpha value is -0.150. The fourth-order valence-corrected chi connectivity index (χ4v) is 4.88. The summed E-state index contributed by atoms with van der Waals surface area (Å²) in [6, 6.07) is 0. The van der Waals surface area contributed by atoms with Crippen LogP contribution < -0.4 is 0 Å². The van der Waals surface area contributed by atoms with Crippen molar-refractivity contribution in [2.45, 2.75) is 145 Å². The Morgan fingerprint density at radius 2 is 0.545 bits per heavy atom. The van der Waals surface area contributed by atoms with E-state index in [9.17, 15) is 0 Å². The number of hydrogen-bond donors (Lipinski definition) is 0. The first-order valence-electron chi connectivity index (χ1n) is 14.4. The van der Waals surface area contributed by atoms with Gasteiger partial charge >= 0.3 is 0 Å². The van der Waals surface area contributed by atoms with Crippen LogP contribution in [0.2, 0.25) is 0 Å². The van der Waals surface area contributed by atoms with Crippen molar-refractivity contribution < 1.29 is 14.2 Å². The summed E-state index contributed by atoms with van der Waals surface area (Å²) in [7, 11) is 0. The zero-order valence-electron chi connectivity index (χ0n) is 23.7. The van der Waals surface area contributed by atoms with Gasteiger partial charge in [-0.3, -0.25) is 4.70 Å². The minimum absolute atomic E-state index is 0. The quantitative estimate of drug-likeness (QED) is 0.349. The third kappa shape index (κ3) is 17.9. The summed E-state index contributed by atoms with van der Waals surface area (Å²) < 4.78 is 10.8. The molecule has 3 heteroatoms. The van der Waals surface area contributed by atoms with Crippen LogP contribution in [0.4, 0.5) is 4.70 Å². The molecular weight excluding hydrogens is 411 g/mol. The Bertz CT molecular complexity index is 291. The highest BCUT2D eigenvalue weighted by molar-refractivity contribution is 4.67. The van der Waals surface area contributed by atoms with E-state index in [1.807, 2.05) is 0 Å². The zero-order valence-corrected chi connectivity index (χ0v) is 23.7. The van der Waals surface area contributed by atoms with E-state index in [0.29, 0.717) is 12.2 Å². The van der Waals surface area contributed by atoms with E-state index in [1.54, 1.807) is 0 Å². The lowest BCUT2D eigenvalue weighted by Crippen LogP contribution is -2.21. The van der Waals surface area contributed by atoms with E-state index in [2.05, 4.69) is 55.4 Å². The van der Waals surface area contributed by atoms with Crippen molar-refractivity contribution in [3.63, 3.8) is 0 Å². The first-order chi connectivity index (χ1) is 15.2. The lowest BCUT2D eigenvalue weighted by Gasteiger charge is -2.23. The largest absolute Gasteiger partial charge is 0.378 e. The molecular formula is C30H61FO2. The molecule has 0 amide bonds. The summed E-state index contributed by atoms with van der Waals surface area (Å²) in [4.78, 5) is 0. The van der Waals surface area contributed by atoms with Crippen LogP contribution in [-0.2, 0) is 9.47 Å². The molecule has 2 heterocycles. The third-order valence-corrected chi connectivity index (χ3v) is 8.07. The van der Waals surface area contributed by atoms with Crippen LogP contribution in [0.3, 0.4) is 0 Å². The third-order valence-electron chi connectivity index (χ3n) is 8.07. The predicted molar refractivity (Wildman–Crippen MR) is 144 cm³/mol. The van der Waals surface area contributed by atoms with Crippen molar-refractivity contribution >= 4 is 0 Å². The number of hydrogen-bond acceptors (Lipinski definition) is 2. The summed E-state index contributed by atoms with van der Waals surface area (Å²) in [6.45, 7) is 20.2. The highest BCUT2D eigenvalue weighted by atomic mass is 19.0. The molecule has 2 aliphatic heterocycles. The molecule has 0 radical (unpaired) electrons. The molecule has 2 nitrogen and oxygen atoms in total. The molecule has 4 atom stereocenters. The van der Waals surface area contributed by atoms with Crippen LogP contribution in [0.5, 0.6) is 0 Å². The van der Waals surface area contributed by atoms with E-state index in [0.717, 1.165) is 48.7 Å². The molecule has 4 unspecified atom stereocenters. The summed E-state index contributed by atoms with van der Waals surface area (Å²) in [6.07, 6.45) is 18.0. The highest BCUT2D eigenvalue weighted by Crippen LogP contribution is 2.28. The van der Waals surface area contributed by atoms with Crippen molar-refractivity contribution in [2.24, 2.45) is 35.5 Å². The van der Waals surface area contributed by atoms with Crippen molar-refractivity contribution in [1.82, 2.24) is 0 Å². The predicted octanol–water partition coefficient (Wildman–Crippen LogP) is 9.46. The summed E-state index contributed by atoms with van der Waals surface area (Å²) >= 11 is 0. The molecule has 4 rings (SSSR count). The molecule has 4 fully saturated rings. The van der Waals surface area contributed by atoms with Crippen LogP contribution in [0, 0.1) is 35.5 Å². The maximum absolute atomic E-state index is 5.39. The molecule has 4 aliphatic rings. The molecule has 200 valence electrons. The Labute approximate surface area is 207 Å². The van der Waals surface area contributed by atoms with E-state index in [1.165, 1.54) is 77.0 Å². The summed E-state index contributed by atoms with van der Waals surface area (Å²) in [5.74, 6) is 5.67. The molecule has 0 spiro atoms. The Balaban J connectivity index is 0.000000410. The second-order valence-electron chi connectivity index (χ2n) is 12.4. The van der Waals surface area contributed by atoms with Crippen molar-refractivity contribution in [3.05, 3.63) is 0 Å². The molecule has 0 aromatic rings. The van der Waals surface area contributed by atoms with Gasteiger partial charge in [-0.05, 0) is 75.0 Å². The van der Waals surface area contributed by atoms with Crippen LogP contribution in [-0.4, -0.2) is 25.4 Å². The van der Waals surface area contributed by atoms with E-state index >= 15 is 0 Å². The highest BCUT2D eigenvalue weighted by Gasteiger charge is 2.15. The lowest BCUT2D eigenvalue weighted by molar-refractivity contribution is 0.000174. The topological polar surface area (TPSA) is 18.5 Å². The summed E-state index contributed by atoms with van der Waals surface area (Å²) in [5, 5.41) is 0. The molecule has 0 aromatic carbocycles. The van der Waals surface area contributed by atoms with E-state index in [-0.39, 0.29) is 4.70 Å². The molecule has 2 saturated carbocycles. The van der Waals surface area contributed by atoms with Crippen LogP contribution in [0.15, 0.2) is 0 Å². The molecule has 33 heavy (non-hydrogen) atoms. The van der Waals surface area contributed by atoms with E-state index in [4.69, 9.17) is 9.47 Å². The lowest BCUT2D eigenvalue weighted by atomic mass is 9.84. The standard InChI is InChI=1S/2C8H16.2C7H14O.FH/c2*1-7-3-5-8(2)6-4-7;2*1-6-3-4-7(2)8-5-6;/h2*7-8H,3-6H2,1-2H3;2*6-7H,3-5H2,1-2H3;1H. The first kappa shape index (κ1) is 32.8. The molecule has 0 N–H and O–H groups in total. The van der Waals surface area contributed by atoms with Crippen LogP contribution >= 0.6 is 0 Å². The van der Waals surface area contributed by atoms with Crippen molar-refractivity contribution in [3.8, 4) is 0 Å². The van der Waals surface area contributed by atoms with Crippen LogP contribution in [0.25, 0.3) is 0 Å². The maximum Gasteiger partial charge on any atom is 0.0547 e. The summed E-state index contributed by atoms with van der Waals surface area (Å²) in [5.41, 5.74) is 0. The van der Waals surface area contributed by atoms with Gasteiger partial charge in [0.05, 0.1) is 12.2 Å². The Morgan fingerprint density at radius 3 is 0.697 bits per heavy atom. The SMILES string of the molecule is CC1CCC(C)CC1.CC1CCC(C)CC1.CC1CCC(C)OC1.CC1CCC(C)OC1.F. The maximum atomic E-state index is 5.39. The van der Waals surface area contributed by atoms with Gasteiger partial charge in [0, 0.05) is 13.2 Å². The van der Waals surface area contributed by atoms with Gasteiger partial charge in [0.2, 0.25) is 0 Å². The minimum atomic E-state index is 0. The normalized spacial score (nSPS) is 38.5. The fraction of sp³-hybridized carbons (Fsp3) is 1.00. The van der Waals surface area contributed by atoms with Crippen molar-refractivity contribution in [2.75, 3.05) is 13.2 Å². The Kier molecular flexibility index (Phi) is 19.0. The molecule has 0 bridgehead atoms. The van der Waals surface area contributed by atoms with E-state index < -0.39 is 0 Å². The van der Waals surface area contributed by atoms with Gasteiger partial charge in [-0.1, -0.05) is 92.9 Å².